The van der Waals surface area contributed by atoms with E-state index in [9.17, 15) is 8.42 Å². The van der Waals surface area contributed by atoms with Gasteiger partial charge in [-0.15, -0.1) is 5.10 Å². The molecule has 0 spiro atoms. The molecule has 1 aliphatic carbocycles. The van der Waals surface area contributed by atoms with Gasteiger partial charge in [-0.1, -0.05) is 6.07 Å². The van der Waals surface area contributed by atoms with Crippen LogP contribution in [0.1, 0.15) is 24.0 Å². The van der Waals surface area contributed by atoms with Gasteiger partial charge in [0.25, 0.3) is 10.0 Å². The average molecular weight is 303 g/mol. The van der Waals surface area contributed by atoms with E-state index in [1.165, 1.54) is 29.5 Å². The molecule has 0 radical (unpaired) electrons. The molecule has 5 nitrogen and oxygen atoms in total. The topological polar surface area (TPSA) is 63.2 Å². The normalized spacial score (nSPS) is 14.5. The third-order valence-corrected chi connectivity index (χ3v) is 5.62. The molecule has 0 fully saturated rings. The number of fused-ring (bicyclic) bond motifs is 1. The lowest BCUT2D eigenvalue weighted by molar-refractivity contribution is 0.593. The fourth-order valence-electron chi connectivity index (χ4n) is 2.61. The van der Waals surface area contributed by atoms with Crippen molar-refractivity contribution in [2.75, 3.05) is 11.4 Å². The lowest BCUT2D eigenvalue weighted by Crippen LogP contribution is -2.27. The Bertz CT molecular complexity index is 745. The molecule has 3 rings (SSSR count). The van der Waals surface area contributed by atoms with E-state index in [-0.39, 0.29) is 0 Å². The third kappa shape index (κ3) is 2.63. The number of rotatable bonds is 3. The Kier molecular flexibility index (Phi) is 3.63. The highest BCUT2D eigenvalue weighted by Crippen LogP contribution is 2.26. The van der Waals surface area contributed by atoms with Gasteiger partial charge in [0.2, 0.25) is 0 Å². The number of aryl methyl sites for hydroxylation is 2. The Morgan fingerprint density at radius 1 is 1.10 bits per heavy atom. The summed E-state index contributed by atoms with van der Waals surface area (Å²) in [7, 11) is -2.10. The molecule has 0 saturated carbocycles. The Balaban J connectivity index is 1.98. The average Bonchev–Trinajstić information content (AvgIpc) is 2.54. The summed E-state index contributed by atoms with van der Waals surface area (Å²) in [5.41, 5.74) is 2.41. The van der Waals surface area contributed by atoms with E-state index in [1.54, 1.807) is 24.3 Å². The van der Waals surface area contributed by atoms with Gasteiger partial charge < -0.3 is 0 Å². The number of hydrogen-bond acceptors (Lipinski definition) is 4. The number of anilines is 1. The van der Waals surface area contributed by atoms with E-state index in [1.807, 2.05) is 6.07 Å². The van der Waals surface area contributed by atoms with Crippen LogP contribution in [0.4, 0.5) is 5.82 Å². The smallest absolute Gasteiger partial charge is 0.251 e. The largest absolute Gasteiger partial charge is 0.265 e. The van der Waals surface area contributed by atoms with Crippen LogP contribution in [-0.4, -0.2) is 25.7 Å². The molecule has 21 heavy (non-hydrogen) atoms. The predicted octanol–water partition coefficient (Wildman–Crippen LogP) is 2.18. The van der Waals surface area contributed by atoms with Gasteiger partial charge in [0.1, 0.15) is 0 Å². The minimum absolute atomic E-state index is 0.315. The van der Waals surface area contributed by atoms with Crippen LogP contribution in [-0.2, 0) is 22.9 Å². The first kappa shape index (κ1) is 14.0. The summed E-state index contributed by atoms with van der Waals surface area (Å²) < 4.78 is 26.5. The highest BCUT2D eigenvalue weighted by atomic mass is 32.2. The van der Waals surface area contributed by atoms with Crippen molar-refractivity contribution >= 4 is 15.8 Å². The van der Waals surface area contributed by atoms with Gasteiger partial charge in [-0.3, -0.25) is 4.31 Å². The SMILES string of the molecule is CN(c1cccnn1)S(=O)(=O)c1ccc2c(c1)CCCC2. The van der Waals surface area contributed by atoms with Crippen molar-refractivity contribution in [3.63, 3.8) is 0 Å². The van der Waals surface area contributed by atoms with Crippen LogP contribution in [0.5, 0.6) is 0 Å². The second-order valence-electron chi connectivity index (χ2n) is 5.19. The van der Waals surface area contributed by atoms with Crippen LogP contribution < -0.4 is 4.31 Å². The summed E-state index contributed by atoms with van der Waals surface area (Å²) in [4.78, 5) is 0.316. The van der Waals surface area contributed by atoms with Crippen LogP contribution in [0.25, 0.3) is 0 Å². The zero-order chi connectivity index (χ0) is 14.9. The summed E-state index contributed by atoms with van der Waals surface area (Å²) in [6.07, 6.45) is 5.81. The van der Waals surface area contributed by atoms with E-state index < -0.39 is 10.0 Å². The predicted molar refractivity (Wildman–Crippen MR) is 80.7 cm³/mol. The second-order valence-corrected chi connectivity index (χ2v) is 7.16. The maximum absolute atomic E-state index is 12.7. The summed E-state index contributed by atoms with van der Waals surface area (Å²) in [6.45, 7) is 0. The van der Waals surface area contributed by atoms with Crippen LogP contribution in [0.2, 0.25) is 0 Å². The first-order valence-electron chi connectivity index (χ1n) is 6.97. The van der Waals surface area contributed by atoms with Gasteiger partial charge in [-0.25, -0.2) is 8.42 Å². The van der Waals surface area contributed by atoms with Crippen molar-refractivity contribution in [1.82, 2.24) is 10.2 Å². The van der Waals surface area contributed by atoms with E-state index in [0.29, 0.717) is 10.7 Å². The van der Waals surface area contributed by atoms with E-state index in [0.717, 1.165) is 24.8 Å². The highest BCUT2D eigenvalue weighted by molar-refractivity contribution is 7.92. The molecule has 110 valence electrons. The van der Waals surface area contributed by atoms with E-state index in [2.05, 4.69) is 10.2 Å². The summed E-state index contributed by atoms with van der Waals surface area (Å²) in [5.74, 6) is 0.315. The standard InChI is InChI=1S/C15H17N3O2S/c1-18(15-7-4-10-16-17-15)21(19,20)14-9-8-12-5-2-3-6-13(12)11-14/h4,7-11H,2-3,5-6H2,1H3. The molecule has 6 heteroatoms. The number of hydrogen-bond donors (Lipinski definition) is 0. The van der Waals surface area contributed by atoms with Crippen molar-refractivity contribution < 1.29 is 8.42 Å². The molecule has 0 N–H and O–H groups in total. The zero-order valence-corrected chi connectivity index (χ0v) is 12.7. The van der Waals surface area contributed by atoms with Gasteiger partial charge in [-0.2, -0.15) is 5.10 Å². The first-order chi connectivity index (χ1) is 10.1. The lowest BCUT2D eigenvalue weighted by atomic mass is 9.92. The maximum atomic E-state index is 12.7. The molecule has 1 heterocycles. The molecular formula is C15H17N3O2S. The minimum atomic E-state index is -3.59. The lowest BCUT2D eigenvalue weighted by Gasteiger charge is -2.20. The molecule has 0 bridgehead atoms. The van der Waals surface area contributed by atoms with Crippen LogP contribution in [0.3, 0.4) is 0 Å². The second kappa shape index (κ2) is 5.44. The van der Waals surface area contributed by atoms with Crippen LogP contribution in [0.15, 0.2) is 41.4 Å². The monoisotopic (exact) mass is 303 g/mol. The number of sulfonamides is 1. The fourth-order valence-corrected chi connectivity index (χ4v) is 3.80. The molecule has 0 saturated heterocycles. The molecule has 1 aliphatic rings. The fraction of sp³-hybridized carbons (Fsp3) is 0.333. The Labute approximate surface area is 124 Å². The molecule has 1 aromatic carbocycles. The van der Waals surface area contributed by atoms with Gasteiger partial charge in [0, 0.05) is 13.2 Å². The summed E-state index contributed by atoms with van der Waals surface area (Å²) >= 11 is 0. The Morgan fingerprint density at radius 3 is 2.57 bits per heavy atom. The number of aromatic nitrogens is 2. The zero-order valence-electron chi connectivity index (χ0n) is 11.9. The van der Waals surface area contributed by atoms with Crippen molar-refractivity contribution in [2.24, 2.45) is 0 Å². The van der Waals surface area contributed by atoms with Crippen molar-refractivity contribution in [2.45, 2.75) is 30.6 Å². The molecule has 1 aromatic heterocycles. The quantitative estimate of drug-likeness (QED) is 0.872. The number of nitrogens with zero attached hydrogens (tertiary/aromatic N) is 3. The summed E-state index contributed by atoms with van der Waals surface area (Å²) in [5, 5.41) is 7.58. The van der Waals surface area contributed by atoms with Crippen LogP contribution >= 0.6 is 0 Å². The maximum Gasteiger partial charge on any atom is 0.265 e. The number of benzene rings is 1. The first-order valence-corrected chi connectivity index (χ1v) is 8.41. The highest BCUT2D eigenvalue weighted by Gasteiger charge is 2.23. The van der Waals surface area contributed by atoms with Crippen molar-refractivity contribution in [3.05, 3.63) is 47.7 Å². The molecule has 0 amide bonds. The Hall–Kier alpha value is -1.95. The van der Waals surface area contributed by atoms with E-state index in [4.69, 9.17) is 0 Å². The van der Waals surface area contributed by atoms with Crippen molar-refractivity contribution in [1.29, 1.82) is 0 Å². The van der Waals surface area contributed by atoms with Gasteiger partial charge in [0.05, 0.1) is 4.90 Å². The molecule has 0 unspecified atom stereocenters. The Morgan fingerprint density at radius 2 is 1.86 bits per heavy atom. The van der Waals surface area contributed by atoms with E-state index >= 15 is 0 Å². The molecule has 2 aromatic rings. The van der Waals surface area contributed by atoms with Gasteiger partial charge in [0.15, 0.2) is 5.82 Å². The molecule has 0 aliphatic heterocycles. The van der Waals surface area contributed by atoms with Crippen molar-refractivity contribution in [3.8, 4) is 0 Å². The molecular weight excluding hydrogens is 286 g/mol. The summed E-state index contributed by atoms with van der Waals surface area (Å²) in [6, 6.07) is 8.72. The van der Waals surface area contributed by atoms with Gasteiger partial charge >= 0.3 is 0 Å². The third-order valence-electron chi connectivity index (χ3n) is 3.86. The molecule has 0 atom stereocenters. The minimum Gasteiger partial charge on any atom is -0.251 e. The van der Waals surface area contributed by atoms with Gasteiger partial charge in [-0.05, 0) is 61.1 Å². The van der Waals surface area contributed by atoms with Crippen LogP contribution in [0, 0.1) is 0 Å².